The van der Waals surface area contributed by atoms with Crippen LogP contribution in [0.2, 0.25) is 0 Å². The number of hydrogen-bond donors (Lipinski definition) is 2. The Morgan fingerprint density at radius 3 is 2.33 bits per heavy atom. The SMILES string of the molecule is CCCC(=O)Nc1ccc(CNc2nnc(CC)c(CC)n2)cc1. The lowest BCUT2D eigenvalue weighted by Crippen LogP contribution is -2.11. The summed E-state index contributed by atoms with van der Waals surface area (Å²) in [6.45, 7) is 6.72. The van der Waals surface area contributed by atoms with Crippen molar-refractivity contribution in [2.75, 3.05) is 10.6 Å². The molecule has 1 heterocycles. The molecule has 0 aliphatic heterocycles. The molecule has 1 aromatic carbocycles. The van der Waals surface area contributed by atoms with E-state index in [0.29, 0.717) is 18.9 Å². The summed E-state index contributed by atoms with van der Waals surface area (Å²) in [7, 11) is 0. The maximum Gasteiger partial charge on any atom is 0.243 e. The first-order chi connectivity index (χ1) is 11.7. The number of amides is 1. The van der Waals surface area contributed by atoms with Gasteiger partial charge >= 0.3 is 0 Å². The number of aromatic nitrogens is 3. The molecule has 2 aromatic rings. The second-order valence-electron chi connectivity index (χ2n) is 5.58. The zero-order valence-corrected chi connectivity index (χ0v) is 14.6. The third kappa shape index (κ3) is 5.01. The fourth-order valence-electron chi connectivity index (χ4n) is 2.35. The lowest BCUT2D eigenvalue weighted by molar-refractivity contribution is -0.116. The number of hydrogen-bond acceptors (Lipinski definition) is 5. The molecule has 6 heteroatoms. The quantitative estimate of drug-likeness (QED) is 0.777. The standard InChI is InChI=1S/C18H25N5O/c1-4-7-17(24)20-14-10-8-13(9-11-14)12-19-18-21-15(5-2)16(6-3)22-23-18/h8-11H,4-7,12H2,1-3H3,(H,20,24)(H,19,21,23). The van der Waals surface area contributed by atoms with E-state index in [1.54, 1.807) is 0 Å². The first-order valence-electron chi connectivity index (χ1n) is 8.51. The molecule has 0 atom stereocenters. The number of aryl methyl sites for hydroxylation is 2. The van der Waals surface area contributed by atoms with E-state index in [-0.39, 0.29) is 5.91 Å². The van der Waals surface area contributed by atoms with E-state index in [2.05, 4.69) is 39.7 Å². The molecule has 24 heavy (non-hydrogen) atoms. The van der Waals surface area contributed by atoms with E-state index in [9.17, 15) is 4.79 Å². The summed E-state index contributed by atoms with van der Waals surface area (Å²) in [6.07, 6.45) is 3.08. The van der Waals surface area contributed by atoms with Crippen LogP contribution >= 0.6 is 0 Å². The van der Waals surface area contributed by atoms with Crippen LogP contribution in [0.5, 0.6) is 0 Å². The molecule has 0 unspecified atom stereocenters. The molecule has 0 saturated heterocycles. The summed E-state index contributed by atoms with van der Waals surface area (Å²) in [6, 6.07) is 7.76. The highest BCUT2D eigenvalue weighted by Crippen LogP contribution is 2.12. The lowest BCUT2D eigenvalue weighted by atomic mass is 10.2. The third-order valence-corrected chi connectivity index (χ3v) is 3.67. The van der Waals surface area contributed by atoms with Gasteiger partial charge in [-0.3, -0.25) is 4.79 Å². The number of anilines is 2. The molecule has 0 spiro atoms. The Balaban J connectivity index is 1.93. The Kier molecular flexibility index (Phi) is 6.66. The van der Waals surface area contributed by atoms with Gasteiger partial charge in [-0.15, -0.1) is 5.10 Å². The minimum atomic E-state index is 0.0472. The largest absolute Gasteiger partial charge is 0.349 e. The highest BCUT2D eigenvalue weighted by Gasteiger charge is 2.06. The maximum atomic E-state index is 11.6. The molecule has 2 rings (SSSR count). The predicted octanol–water partition coefficient (Wildman–Crippen LogP) is 3.35. The number of benzene rings is 1. The molecular formula is C18H25N5O. The fraction of sp³-hybridized carbons (Fsp3) is 0.444. The Labute approximate surface area is 143 Å². The van der Waals surface area contributed by atoms with Crippen molar-refractivity contribution in [3.63, 3.8) is 0 Å². The van der Waals surface area contributed by atoms with Gasteiger partial charge in [0.1, 0.15) is 0 Å². The summed E-state index contributed by atoms with van der Waals surface area (Å²) in [5, 5.41) is 14.4. The summed E-state index contributed by atoms with van der Waals surface area (Å²) in [4.78, 5) is 16.1. The molecule has 1 amide bonds. The van der Waals surface area contributed by atoms with Crippen LogP contribution in [-0.4, -0.2) is 21.1 Å². The van der Waals surface area contributed by atoms with Gasteiger partial charge in [-0.25, -0.2) is 4.98 Å². The van der Waals surface area contributed by atoms with Gasteiger partial charge in [0.2, 0.25) is 11.9 Å². The molecule has 2 N–H and O–H groups in total. The summed E-state index contributed by atoms with van der Waals surface area (Å²) < 4.78 is 0. The number of rotatable bonds is 8. The molecule has 0 bridgehead atoms. The van der Waals surface area contributed by atoms with Crippen LogP contribution in [0.25, 0.3) is 0 Å². The maximum absolute atomic E-state index is 11.6. The predicted molar refractivity (Wildman–Crippen MR) is 95.9 cm³/mol. The van der Waals surface area contributed by atoms with E-state index in [1.165, 1.54) is 0 Å². The summed E-state index contributed by atoms with van der Waals surface area (Å²) in [5.41, 5.74) is 3.85. The first-order valence-corrected chi connectivity index (χ1v) is 8.51. The number of nitrogens with zero attached hydrogens (tertiary/aromatic N) is 3. The Hall–Kier alpha value is -2.50. The minimum absolute atomic E-state index is 0.0472. The van der Waals surface area contributed by atoms with Gasteiger partial charge in [0.25, 0.3) is 0 Å². The van der Waals surface area contributed by atoms with E-state index in [0.717, 1.165) is 41.9 Å². The highest BCUT2D eigenvalue weighted by atomic mass is 16.1. The topological polar surface area (TPSA) is 79.8 Å². The van der Waals surface area contributed by atoms with Crippen molar-refractivity contribution < 1.29 is 4.79 Å². The molecule has 0 radical (unpaired) electrons. The Morgan fingerprint density at radius 2 is 1.71 bits per heavy atom. The van der Waals surface area contributed by atoms with E-state index in [4.69, 9.17) is 0 Å². The van der Waals surface area contributed by atoms with Crippen LogP contribution in [0.3, 0.4) is 0 Å². The zero-order chi connectivity index (χ0) is 17.4. The van der Waals surface area contributed by atoms with E-state index in [1.807, 2.05) is 31.2 Å². The van der Waals surface area contributed by atoms with Crippen LogP contribution in [0.15, 0.2) is 24.3 Å². The van der Waals surface area contributed by atoms with E-state index >= 15 is 0 Å². The fourth-order valence-corrected chi connectivity index (χ4v) is 2.35. The van der Waals surface area contributed by atoms with Crippen molar-refractivity contribution in [2.24, 2.45) is 0 Å². The van der Waals surface area contributed by atoms with Crippen molar-refractivity contribution in [1.29, 1.82) is 0 Å². The van der Waals surface area contributed by atoms with Crippen molar-refractivity contribution >= 4 is 17.5 Å². The molecule has 0 fully saturated rings. The van der Waals surface area contributed by atoms with Crippen LogP contribution < -0.4 is 10.6 Å². The molecule has 128 valence electrons. The summed E-state index contributed by atoms with van der Waals surface area (Å²) >= 11 is 0. The number of nitrogens with one attached hydrogen (secondary N) is 2. The molecule has 0 saturated carbocycles. The summed E-state index contributed by atoms with van der Waals surface area (Å²) in [5.74, 6) is 0.593. The first kappa shape index (κ1) is 17.8. The van der Waals surface area contributed by atoms with Gasteiger partial charge in [-0.2, -0.15) is 5.10 Å². The minimum Gasteiger partial charge on any atom is -0.349 e. The molecular weight excluding hydrogens is 302 g/mol. The average molecular weight is 327 g/mol. The van der Waals surface area contributed by atoms with Crippen LogP contribution in [-0.2, 0) is 24.2 Å². The van der Waals surface area contributed by atoms with Gasteiger partial charge in [0.05, 0.1) is 11.4 Å². The van der Waals surface area contributed by atoms with Crippen LogP contribution in [0.4, 0.5) is 11.6 Å². The number of carbonyl (C=O) groups excluding carboxylic acids is 1. The monoisotopic (exact) mass is 327 g/mol. The highest BCUT2D eigenvalue weighted by molar-refractivity contribution is 5.90. The Morgan fingerprint density at radius 1 is 1.00 bits per heavy atom. The van der Waals surface area contributed by atoms with Gasteiger partial charge in [-0.05, 0) is 37.0 Å². The average Bonchev–Trinajstić information content (AvgIpc) is 2.61. The molecule has 6 nitrogen and oxygen atoms in total. The van der Waals surface area contributed by atoms with Crippen molar-refractivity contribution in [3.05, 3.63) is 41.2 Å². The zero-order valence-electron chi connectivity index (χ0n) is 14.6. The normalized spacial score (nSPS) is 10.5. The lowest BCUT2D eigenvalue weighted by Gasteiger charge is -2.09. The number of carbonyl (C=O) groups is 1. The molecule has 0 aliphatic rings. The van der Waals surface area contributed by atoms with Gasteiger partial charge in [0, 0.05) is 18.7 Å². The third-order valence-electron chi connectivity index (χ3n) is 3.67. The Bertz CT molecular complexity index is 670. The molecule has 0 aliphatic carbocycles. The van der Waals surface area contributed by atoms with Gasteiger partial charge in [0.15, 0.2) is 0 Å². The van der Waals surface area contributed by atoms with Crippen LogP contribution in [0, 0.1) is 0 Å². The van der Waals surface area contributed by atoms with Crippen molar-refractivity contribution in [1.82, 2.24) is 15.2 Å². The second kappa shape index (κ2) is 8.96. The van der Waals surface area contributed by atoms with Gasteiger partial charge in [-0.1, -0.05) is 32.9 Å². The smallest absolute Gasteiger partial charge is 0.243 e. The van der Waals surface area contributed by atoms with Gasteiger partial charge < -0.3 is 10.6 Å². The van der Waals surface area contributed by atoms with Crippen molar-refractivity contribution in [3.8, 4) is 0 Å². The van der Waals surface area contributed by atoms with Crippen molar-refractivity contribution in [2.45, 2.75) is 53.0 Å². The van der Waals surface area contributed by atoms with Crippen LogP contribution in [0.1, 0.15) is 50.6 Å². The van der Waals surface area contributed by atoms with E-state index < -0.39 is 0 Å². The molecule has 1 aromatic heterocycles. The second-order valence-corrected chi connectivity index (χ2v) is 5.58.